The summed E-state index contributed by atoms with van der Waals surface area (Å²) >= 11 is 0. The number of rotatable bonds is 4. The third-order valence-electron chi connectivity index (χ3n) is 3.41. The van der Waals surface area contributed by atoms with Crippen molar-refractivity contribution in [3.63, 3.8) is 0 Å². The lowest BCUT2D eigenvalue weighted by atomic mass is 9.94. The van der Waals surface area contributed by atoms with E-state index in [1.165, 1.54) is 6.07 Å². The zero-order valence-corrected chi connectivity index (χ0v) is 12.7. The van der Waals surface area contributed by atoms with Crippen LogP contribution in [0.5, 0.6) is 5.88 Å². The Morgan fingerprint density at radius 2 is 1.86 bits per heavy atom. The van der Waals surface area contributed by atoms with Gasteiger partial charge in [0.05, 0.1) is 11.8 Å². The lowest BCUT2D eigenvalue weighted by molar-refractivity contribution is -0.137. The Kier molecular flexibility index (Phi) is 4.96. The number of aromatic nitrogens is 1. The summed E-state index contributed by atoms with van der Waals surface area (Å²) in [5.41, 5.74) is -0.819. The van der Waals surface area contributed by atoms with Crippen LogP contribution in [0, 0.1) is 0 Å². The fourth-order valence-corrected chi connectivity index (χ4v) is 3.23. The molecule has 0 aliphatic heterocycles. The maximum Gasteiger partial charge on any atom is 0.417 e. The molecule has 0 amide bonds. The summed E-state index contributed by atoms with van der Waals surface area (Å²) in [6.07, 6.45) is -0.237. The summed E-state index contributed by atoms with van der Waals surface area (Å²) in [4.78, 5) is 3.66. The highest BCUT2D eigenvalue weighted by atomic mass is 32.2. The number of hydrogen-bond donors (Lipinski definition) is 1. The molecule has 1 aromatic heterocycles. The summed E-state index contributed by atoms with van der Waals surface area (Å²) in [5, 5.41) is 0. The van der Waals surface area contributed by atoms with Gasteiger partial charge in [0, 0.05) is 18.3 Å². The van der Waals surface area contributed by atoms with Crippen LogP contribution in [-0.2, 0) is 16.2 Å². The van der Waals surface area contributed by atoms with E-state index in [2.05, 4.69) is 9.71 Å². The van der Waals surface area contributed by atoms with Crippen molar-refractivity contribution in [1.82, 2.24) is 9.71 Å². The zero-order valence-electron chi connectivity index (χ0n) is 11.9. The van der Waals surface area contributed by atoms with E-state index in [1.54, 1.807) is 0 Å². The standard InChI is InChI=1S/C13H17F3N2O3S/c1-22(19,20)18-10-3-5-11(6-4-10)21-12-7-2-9(8-17-12)13(14,15)16/h2,7-8,10-11,18H,3-6H2,1H3. The molecule has 0 spiro atoms. The Bertz CT molecular complexity index is 594. The van der Waals surface area contributed by atoms with Crippen LogP contribution < -0.4 is 9.46 Å². The minimum Gasteiger partial charge on any atom is -0.474 e. The highest BCUT2D eigenvalue weighted by Gasteiger charge is 2.31. The second-order valence-corrected chi connectivity index (χ2v) is 7.14. The van der Waals surface area contributed by atoms with Gasteiger partial charge in [-0.05, 0) is 31.7 Å². The van der Waals surface area contributed by atoms with Crippen molar-refractivity contribution < 1.29 is 26.3 Å². The number of nitrogens with one attached hydrogen (secondary N) is 1. The maximum absolute atomic E-state index is 12.4. The van der Waals surface area contributed by atoms with Crippen LogP contribution >= 0.6 is 0 Å². The largest absolute Gasteiger partial charge is 0.474 e. The van der Waals surface area contributed by atoms with Crippen LogP contribution in [0.25, 0.3) is 0 Å². The van der Waals surface area contributed by atoms with Crippen molar-refractivity contribution in [2.75, 3.05) is 6.26 Å². The third kappa shape index (κ3) is 5.13. The van der Waals surface area contributed by atoms with Gasteiger partial charge in [-0.1, -0.05) is 0 Å². The molecule has 5 nitrogen and oxygen atoms in total. The zero-order chi connectivity index (χ0) is 16.4. The van der Waals surface area contributed by atoms with Crippen LogP contribution in [0.2, 0.25) is 0 Å². The van der Waals surface area contributed by atoms with Crippen LogP contribution in [-0.4, -0.2) is 31.8 Å². The van der Waals surface area contributed by atoms with Crippen LogP contribution in [0.4, 0.5) is 13.2 Å². The molecule has 9 heteroatoms. The number of sulfonamides is 1. The summed E-state index contributed by atoms with van der Waals surface area (Å²) in [6, 6.07) is 2.01. The molecule has 1 heterocycles. The Morgan fingerprint density at radius 1 is 1.23 bits per heavy atom. The monoisotopic (exact) mass is 338 g/mol. The molecule has 2 rings (SSSR count). The first-order valence-corrected chi connectivity index (χ1v) is 8.70. The van der Waals surface area contributed by atoms with E-state index < -0.39 is 21.8 Å². The predicted octanol–water partition coefficient (Wildman–Crippen LogP) is 2.34. The number of alkyl halides is 3. The molecule has 0 unspecified atom stereocenters. The Morgan fingerprint density at radius 3 is 2.32 bits per heavy atom. The minimum atomic E-state index is -4.42. The normalized spacial score (nSPS) is 23.3. The van der Waals surface area contributed by atoms with Crippen molar-refractivity contribution in [3.05, 3.63) is 23.9 Å². The maximum atomic E-state index is 12.4. The SMILES string of the molecule is CS(=O)(=O)NC1CCC(Oc2ccc(C(F)(F)F)cn2)CC1. The van der Waals surface area contributed by atoms with Crippen LogP contribution in [0.3, 0.4) is 0 Å². The van der Waals surface area contributed by atoms with Crippen molar-refractivity contribution in [3.8, 4) is 5.88 Å². The van der Waals surface area contributed by atoms with E-state index in [0.717, 1.165) is 18.5 Å². The quantitative estimate of drug-likeness (QED) is 0.915. The van der Waals surface area contributed by atoms with E-state index in [4.69, 9.17) is 4.74 Å². The number of halogens is 3. The van der Waals surface area contributed by atoms with E-state index in [-0.39, 0.29) is 18.0 Å². The van der Waals surface area contributed by atoms with Crippen molar-refractivity contribution in [2.24, 2.45) is 0 Å². The van der Waals surface area contributed by atoms with E-state index in [1.807, 2.05) is 0 Å². The molecular formula is C13H17F3N2O3S. The fourth-order valence-electron chi connectivity index (χ4n) is 2.39. The second-order valence-electron chi connectivity index (χ2n) is 5.36. The first-order valence-electron chi connectivity index (χ1n) is 6.81. The molecule has 1 aliphatic rings. The van der Waals surface area contributed by atoms with Crippen molar-refractivity contribution >= 4 is 10.0 Å². The average Bonchev–Trinajstić information content (AvgIpc) is 2.39. The van der Waals surface area contributed by atoms with Crippen molar-refractivity contribution in [2.45, 2.75) is 44.0 Å². The van der Waals surface area contributed by atoms with Gasteiger partial charge in [0.25, 0.3) is 0 Å². The highest BCUT2D eigenvalue weighted by Crippen LogP contribution is 2.30. The van der Waals surface area contributed by atoms with Gasteiger partial charge < -0.3 is 4.74 Å². The molecule has 0 atom stereocenters. The molecule has 0 radical (unpaired) electrons. The lowest BCUT2D eigenvalue weighted by Crippen LogP contribution is -2.39. The number of nitrogens with zero attached hydrogens (tertiary/aromatic N) is 1. The summed E-state index contributed by atoms with van der Waals surface area (Å²) < 4.78 is 67.6. The molecule has 1 aromatic rings. The highest BCUT2D eigenvalue weighted by molar-refractivity contribution is 7.88. The molecule has 0 bridgehead atoms. The number of pyridine rings is 1. The van der Waals surface area contributed by atoms with Gasteiger partial charge in [0.2, 0.25) is 15.9 Å². The summed E-state index contributed by atoms with van der Waals surface area (Å²) in [6.45, 7) is 0. The number of ether oxygens (including phenoxy) is 1. The molecule has 22 heavy (non-hydrogen) atoms. The first kappa shape index (κ1) is 17.0. The minimum absolute atomic E-state index is 0.115. The Balaban J connectivity index is 1.86. The second kappa shape index (κ2) is 6.41. The molecular weight excluding hydrogens is 321 g/mol. The summed E-state index contributed by atoms with van der Waals surface area (Å²) in [5.74, 6) is 0.146. The molecule has 0 aromatic carbocycles. The van der Waals surface area contributed by atoms with Gasteiger partial charge in [-0.2, -0.15) is 13.2 Å². The van der Waals surface area contributed by atoms with Gasteiger partial charge in [0.1, 0.15) is 6.10 Å². The van der Waals surface area contributed by atoms with Gasteiger partial charge in [-0.15, -0.1) is 0 Å². The van der Waals surface area contributed by atoms with E-state index in [9.17, 15) is 21.6 Å². The van der Waals surface area contributed by atoms with Crippen molar-refractivity contribution in [1.29, 1.82) is 0 Å². The summed E-state index contributed by atoms with van der Waals surface area (Å²) in [7, 11) is -3.23. The van der Waals surface area contributed by atoms with Crippen LogP contribution in [0.15, 0.2) is 18.3 Å². The molecule has 1 saturated carbocycles. The third-order valence-corrected chi connectivity index (χ3v) is 4.17. The number of hydrogen-bond acceptors (Lipinski definition) is 4. The van der Waals surface area contributed by atoms with Crippen LogP contribution in [0.1, 0.15) is 31.2 Å². The smallest absolute Gasteiger partial charge is 0.417 e. The van der Waals surface area contributed by atoms with E-state index in [0.29, 0.717) is 25.7 Å². The molecule has 1 N–H and O–H groups in total. The van der Waals surface area contributed by atoms with Gasteiger partial charge in [-0.3, -0.25) is 0 Å². The van der Waals surface area contributed by atoms with Gasteiger partial charge >= 0.3 is 6.18 Å². The topological polar surface area (TPSA) is 68.3 Å². The average molecular weight is 338 g/mol. The lowest BCUT2D eigenvalue weighted by Gasteiger charge is -2.28. The van der Waals surface area contributed by atoms with Gasteiger partial charge in [0.15, 0.2) is 0 Å². The molecule has 1 aliphatic carbocycles. The Labute approximate surface area is 126 Å². The Hall–Kier alpha value is -1.35. The van der Waals surface area contributed by atoms with E-state index >= 15 is 0 Å². The predicted molar refractivity (Wildman–Crippen MR) is 73.9 cm³/mol. The fraction of sp³-hybridized carbons (Fsp3) is 0.615. The molecule has 1 fully saturated rings. The molecule has 0 saturated heterocycles. The first-order chi connectivity index (χ1) is 10.1. The van der Waals surface area contributed by atoms with Gasteiger partial charge in [-0.25, -0.2) is 18.1 Å². The molecule has 124 valence electrons.